The quantitative estimate of drug-likeness (QED) is 0.745. The zero-order valence-electron chi connectivity index (χ0n) is 14.0. The molecule has 3 N–H and O–H groups in total. The summed E-state index contributed by atoms with van der Waals surface area (Å²) in [6.45, 7) is 2.47. The molecule has 3 rings (SSSR count). The van der Waals surface area contributed by atoms with Crippen LogP contribution in [0.3, 0.4) is 0 Å². The topological polar surface area (TPSA) is 100 Å². The highest BCUT2D eigenvalue weighted by molar-refractivity contribution is 6.01. The number of rotatable bonds is 5. The summed E-state index contributed by atoms with van der Waals surface area (Å²) in [5.41, 5.74) is 3.87. The Morgan fingerprint density at radius 3 is 2.68 bits per heavy atom. The minimum Gasteiger partial charge on any atom is -0.480 e. The first-order chi connectivity index (χ1) is 12.0. The fourth-order valence-corrected chi connectivity index (χ4v) is 2.95. The van der Waals surface area contributed by atoms with Crippen LogP contribution >= 0.6 is 0 Å². The van der Waals surface area contributed by atoms with E-state index in [1.807, 2.05) is 30.3 Å². The normalized spacial score (nSPS) is 22.6. The predicted octanol–water partition coefficient (Wildman–Crippen LogP) is 1.15. The van der Waals surface area contributed by atoms with Gasteiger partial charge in [0.05, 0.1) is 12.3 Å². The van der Waals surface area contributed by atoms with Gasteiger partial charge in [-0.1, -0.05) is 35.5 Å². The molecule has 2 atom stereocenters. The lowest BCUT2D eigenvalue weighted by Gasteiger charge is -2.21. The first-order valence-corrected chi connectivity index (χ1v) is 8.26. The third kappa shape index (κ3) is 4.24. The van der Waals surface area contributed by atoms with Gasteiger partial charge in [0, 0.05) is 19.9 Å². The number of benzene rings is 1. The molecule has 7 heteroatoms. The maximum absolute atomic E-state index is 11.1. The SMILES string of the molecule is CC(=O)NCC1CC(c2ccc(C3=CCNC(C(=O)O)C3)cc2)=NO1. The molecule has 2 unspecified atom stereocenters. The highest BCUT2D eigenvalue weighted by Gasteiger charge is 2.24. The molecule has 2 heterocycles. The van der Waals surface area contributed by atoms with E-state index in [1.54, 1.807) is 0 Å². The number of aliphatic carboxylic acids is 1. The first-order valence-electron chi connectivity index (χ1n) is 8.26. The van der Waals surface area contributed by atoms with Crippen molar-refractivity contribution in [2.75, 3.05) is 13.1 Å². The second-order valence-electron chi connectivity index (χ2n) is 6.22. The van der Waals surface area contributed by atoms with Crippen LogP contribution in [0.2, 0.25) is 0 Å². The maximum atomic E-state index is 11.1. The van der Waals surface area contributed by atoms with Gasteiger partial charge < -0.3 is 20.6 Å². The van der Waals surface area contributed by atoms with Gasteiger partial charge in [-0.15, -0.1) is 0 Å². The number of carboxylic acids is 1. The number of carboxylic acid groups (broad SMARTS) is 1. The minimum absolute atomic E-state index is 0.0867. The molecule has 0 aliphatic carbocycles. The largest absolute Gasteiger partial charge is 0.480 e. The lowest BCUT2D eigenvalue weighted by atomic mass is 9.94. The molecule has 0 saturated carbocycles. The Kier molecular flexibility index (Phi) is 5.14. The van der Waals surface area contributed by atoms with Crippen LogP contribution in [0.15, 0.2) is 35.5 Å². The third-order valence-corrected chi connectivity index (χ3v) is 4.34. The molecule has 7 nitrogen and oxygen atoms in total. The van der Waals surface area contributed by atoms with Gasteiger partial charge in [-0.25, -0.2) is 0 Å². The Labute approximate surface area is 145 Å². The Bertz CT molecular complexity index is 724. The average molecular weight is 343 g/mol. The summed E-state index contributed by atoms with van der Waals surface area (Å²) in [5.74, 6) is -0.916. The van der Waals surface area contributed by atoms with Crippen LogP contribution in [0.5, 0.6) is 0 Å². The molecule has 0 radical (unpaired) electrons. The van der Waals surface area contributed by atoms with E-state index >= 15 is 0 Å². The number of hydrogen-bond acceptors (Lipinski definition) is 5. The molecule has 0 spiro atoms. The molecule has 0 bridgehead atoms. The second-order valence-corrected chi connectivity index (χ2v) is 6.22. The monoisotopic (exact) mass is 343 g/mol. The lowest BCUT2D eigenvalue weighted by molar-refractivity contribution is -0.139. The van der Waals surface area contributed by atoms with E-state index in [0.29, 0.717) is 25.9 Å². The van der Waals surface area contributed by atoms with Crippen molar-refractivity contribution in [1.29, 1.82) is 0 Å². The van der Waals surface area contributed by atoms with Crippen LogP contribution in [0.1, 0.15) is 30.9 Å². The van der Waals surface area contributed by atoms with Crippen LogP contribution in [-0.2, 0) is 14.4 Å². The van der Waals surface area contributed by atoms with Crippen molar-refractivity contribution in [3.63, 3.8) is 0 Å². The average Bonchev–Trinajstić information content (AvgIpc) is 3.09. The van der Waals surface area contributed by atoms with Crippen molar-refractivity contribution in [3.8, 4) is 0 Å². The van der Waals surface area contributed by atoms with Crippen LogP contribution in [0, 0.1) is 0 Å². The van der Waals surface area contributed by atoms with Gasteiger partial charge in [-0.2, -0.15) is 0 Å². The summed E-state index contributed by atoms with van der Waals surface area (Å²) in [6.07, 6.45) is 3.00. The molecule has 1 aromatic rings. The second kappa shape index (κ2) is 7.48. The minimum atomic E-state index is -0.829. The fourth-order valence-electron chi connectivity index (χ4n) is 2.95. The van der Waals surface area contributed by atoms with Gasteiger partial charge in [-0.3, -0.25) is 9.59 Å². The van der Waals surface area contributed by atoms with Crippen molar-refractivity contribution in [1.82, 2.24) is 10.6 Å². The zero-order valence-corrected chi connectivity index (χ0v) is 14.0. The predicted molar refractivity (Wildman–Crippen MR) is 93.2 cm³/mol. The smallest absolute Gasteiger partial charge is 0.321 e. The van der Waals surface area contributed by atoms with Gasteiger partial charge in [0.2, 0.25) is 5.91 Å². The molecular weight excluding hydrogens is 322 g/mol. The van der Waals surface area contributed by atoms with Crippen LogP contribution in [0.4, 0.5) is 0 Å². The number of oxime groups is 1. The highest BCUT2D eigenvalue weighted by Crippen LogP contribution is 2.24. The molecule has 0 fully saturated rings. The lowest BCUT2D eigenvalue weighted by Crippen LogP contribution is -2.39. The van der Waals surface area contributed by atoms with Crippen LogP contribution in [0.25, 0.3) is 5.57 Å². The number of nitrogens with one attached hydrogen (secondary N) is 2. The summed E-state index contributed by atoms with van der Waals surface area (Å²) in [7, 11) is 0. The summed E-state index contributed by atoms with van der Waals surface area (Å²) < 4.78 is 0. The van der Waals surface area contributed by atoms with Crippen molar-refractivity contribution in [2.45, 2.75) is 31.9 Å². The number of hydrogen-bond donors (Lipinski definition) is 3. The van der Waals surface area contributed by atoms with Crippen LogP contribution in [-0.4, -0.2) is 47.9 Å². The first kappa shape index (κ1) is 17.2. The number of carbonyl (C=O) groups excluding carboxylic acids is 1. The summed E-state index contributed by atoms with van der Waals surface area (Å²) in [4.78, 5) is 27.4. The molecule has 0 saturated heterocycles. The standard InChI is InChI=1S/C18H21N3O4/c1-11(22)20-10-15-9-16(21-25-15)13-4-2-12(3-5-13)14-6-7-19-17(8-14)18(23)24/h2-6,15,17,19H,7-10H2,1H3,(H,20,22)(H,23,24). The number of carbonyl (C=O) groups is 2. The van der Waals surface area contributed by atoms with E-state index in [0.717, 1.165) is 22.4 Å². The summed E-state index contributed by atoms with van der Waals surface area (Å²) in [5, 5.41) is 18.9. The summed E-state index contributed by atoms with van der Waals surface area (Å²) in [6, 6.07) is 7.36. The van der Waals surface area contributed by atoms with Gasteiger partial charge in [-0.05, 0) is 23.1 Å². The van der Waals surface area contributed by atoms with Gasteiger partial charge in [0.25, 0.3) is 0 Å². The van der Waals surface area contributed by atoms with E-state index in [-0.39, 0.29) is 12.0 Å². The molecule has 1 aromatic carbocycles. The summed E-state index contributed by atoms with van der Waals surface area (Å²) >= 11 is 0. The molecule has 2 aliphatic heterocycles. The van der Waals surface area contributed by atoms with Crippen molar-refractivity contribution >= 4 is 23.2 Å². The van der Waals surface area contributed by atoms with Gasteiger partial charge in [0.15, 0.2) is 0 Å². The maximum Gasteiger partial charge on any atom is 0.321 e. The van der Waals surface area contributed by atoms with E-state index in [2.05, 4.69) is 15.8 Å². The number of amides is 1. The van der Waals surface area contributed by atoms with E-state index in [1.165, 1.54) is 6.92 Å². The fraction of sp³-hybridized carbons (Fsp3) is 0.389. The number of nitrogens with zero attached hydrogens (tertiary/aromatic N) is 1. The van der Waals surface area contributed by atoms with Crippen LogP contribution < -0.4 is 10.6 Å². The Balaban J connectivity index is 1.62. The Morgan fingerprint density at radius 2 is 2.00 bits per heavy atom. The zero-order chi connectivity index (χ0) is 17.8. The molecule has 132 valence electrons. The van der Waals surface area contributed by atoms with Crippen molar-refractivity contribution < 1.29 is 19.5 Å². The van der Waals surface area contributed by atoms with Gasteiger partial charge >= 0.3 is 5.97 Å². The molecule has 1 amide bonds. The molecule has 2 aliphatic rings. The molecule has 0 aromatic heterocycles. The van der Waals surface area contributed by atoms with E-state index < -0.39 is 12.0 Å². The Hall–Kier alpha value is -2.67. The van der Waals surface area contributed by atoms with Crippen molar-refractivity contribution in [3.05, 3.63) is 41.5 Å². The molecular formula is C18H21N3O4. The van der Waals surface area contributed by atoms with Crippen molar-refractivity contribution in [2.24, 2.45) is 5.16 Å². The highest BCUT2D eigenvalue weighted by atomic mass is 16.6. The molecule has 25 heavy (non-hydrogen) atoms. The Morgan fingerprint density at radius 1 is 1.28 bits per heavy atom. The van der Waals surface area contributed by atoms with E-state index in [4.69, 9.17) is 9.94 Å². The van der Waals surface area contributed by atoms with E-state index in [9.17, 15) is 9.59 Å². The third-order valence-electron chi connectivity index (χ3n) is 4.34. The van der Waals surface area contributed by atoms with Gasteiger partial charge in [0.1, 0.15) is 12.1 Å².